The van der Waals surface area contributed by atoms with Crippen molar-refractivity contribution in [1.29, 1.82) is 0 Å². The molecular weight excluding hydrogens is 323 g/mol. The summed E-state index contributed by atoms with van der Waals surface area (Å²) in [7, 11) is 0. The highest BCUT2D eigenvalue weighted by Crippen LogP contribution is 2.19. The maximum absolute atomic E-state index is 13.8. The van der Waals surface area contributed by atoms with Crippen LogP contribution in [0.5, 0.6) is 0 Å². The van der Waals surface area contributed by atoms with Gasteiger partial charge in [0.25, 0.3) is 5.91 Å². The number of amides is 1. The molecule has 1 amide bonds. The van der Waals surface area contributed by atoms with E-state index in [1.54, 1.807) is 10.8 Å². The number of nitrogens with zero attached hydrogens (tertiary/aromatic N) is 1. The van der Waals surface area contributed by atoms with Crippen LogP contribution in [0.3, 0.4) is 0 Å². The molecule has 1 aromatic heterocycles. The average molecular weight is 339 g/mol. The fourth-order valence-corrected chi connectivity index (χ4v) is 2.33. The van der Waals surface area contributed by atoms with Crippen LogP contribution in [0.1, 0.15) is 34.2 Å². The number of ketones is 1. The van der Waals surface area contributed by atoms with Crippen molar-refractivity contribution in [3.05, 3.63) is 52.6 Å². The molecule has 0 unspecified atom stereocenters. The molecule has 0 bridgehead atoms. The van der Waals surface area contributed by atoms with E-state index in [9.17, 15) is 14.0 Å². The molecule has 0 aliphatic heterocycles. The minimum absolute atomic E-state index is 0.00674. The number of aliphatic hydroxyl groups excluding tert-OH is 1. The van der Waals surface area contributed by atoms with Crippen LogP contribution in [0.2, 0.25) is 5.02 Å². The van der Waals surface area contributed by atoms with Crippen molar-refractivity contribution in [1.82, 2.24) is 4.57 Å². The van der Waals surface area contributed by atoms with Crippen LogP contribution in [0, 0.1) is 5.82 Å². The van der Waals surface area contributed by atoms with E-state index < -0.39 is 11.7 Å². The molecule has 1 heterocycles. The Morgan fingerprint density at radius 3 is 2.70 bits per heavy atom. The number of nitrogens with one attached hydrogen (secondary N) is 1. The van der Waals surface area contributed by atoms with Gasteiger partial charge in [0.05, 0.1) is 16.9 Å². The lowest BCUT2D eigenvalue weighted by atomic mass is 10.2. The van der Waals surface area contributed by atoms with E-state index in [0.717, 1.165) is 6.07 Å². The third-order valence-corrected chi connectivity index (χ3v) is 3.48. The summed E-state index contributed by atoms with van der Waals surface area (Å²) in [6.07, 6.45) is 2.06. The van der Waals surface area contributed by atoms with Crippen molar-refractivity contribution in [2.45, 2.75) is 19.9 Å². The topological polar surface area (TPSA) is 71.3 Å². The SMILES string of the molecule is CC(=O)c1cc(NC(=O)c2ccc(Cl)cc2F)cn1CCCO. The Bertz CT molecular complexity index is 743. The quantitative estimate of drug-likeness (QED) is 0.795. The monoisotopic (exact) mass is 338 g/mol. The first-order valence-electron chi connectivity index (χ1n) is 7.00. The fraction of sp³-hybridized carbons (Fsp3) is 0.250. The van der Waals surface area contributed by atoms with E-state index in [1.165, 1.54) is 25.1 Å². The van der Waals surface area contributed by atoms with E-state index in [2.05, 4.69) is 5.32 Å². The second-order valence-corrected chi connectivity index (χ2v) is 5.46. The lowest BCUT2D eigenvalue weighted by Crippen LogP contribution is -2.13. The summed E-state index contributed by atoms with van der Waals surface area (Å²) in [6, 6.07) is 5.30. The summed E-state index contributed by atoms with van der Waals surface area (Å²) in [5.41, 5.74) is 0.653. The van der Waals surface area contributed by atoms with Crippen LogP contribution >= 0.6 is 11.6 Å². The number of aromatic nitrogens is 1. The maximum Gasteiger partial charge on any atom is 0.258 e. The Morgan fingerprint density at radius 2 is 2.09 bits per heavy atom. The highest BCUT2D eigenvalue weighted by molar-refractivity contribution is 6.30. The van der Waals surface area contributed by atoms with Gasteiger partial charge in [0.2, 0.25) is 0 Å². The predicted molar refractivity (Wildman–Crippen MR) is 85.5 cm³/mol. The molecule has 7 heteroatoms. The van der Waals surface area contributed by atoms with E-state index in [0.29, 0.717) is 24.3 Å². The van der Waals surface area contributed by atoms with Crippen LogP contribution in [-0.2, 0) is 6.54 Å². The van der Waals surface area contributed by atoms with Crippen LogP contribution < -0.4 is 5.32 Å². The molecule has 23 heavy (non-hydrogen) atoms. The molecule has 1 aromatic carbocycles. The number of hydrogen-bond donors (Lipinski definition) is 2. The average Bonchev–Trinajstić information content (AvgIpc) is 2.87. The first-order valence-corrected chi connectivity index (χ1v) is 7.38. The first-order chi connectivity index (χ1) is 10.9. The highest BCUT2D eigenvalue weighted by atomic mass is 35.5. The van der Waals surface area contributed by atoms with Crippen LogP contribution in [0.25, 0.3) is 0 Å². The van der Waals surface area contributed by atoms with Crippen LogP contribution in [0.4, 0.5) is 10.1 Å². The Labute approximate surface area is 137 Å². The zero-order chi connectivity index (χ0) is 17.0. The normalized spacial score (nSPS) is 10.6. The molecule has 0 aliphatic carbocycles. The first kappa shape index (κ1) is 17.2. The summed E-state index contributed by atoms with van der Waals surface area (Å²) >= 11 is 5.66. The lowest BCUT2D eigenvalue weighted by Gasteiger charge is -2.05. The summed E-state index contributed by atoms with van der Waals surface area (Å²) < 4.78 is 15.4. The Kier molecular flexibility index (Phi) is 5.52. The molecule has 2 aromatic rings. The van der Waals surface area contributed by atoms with Gasteiger partial charge in [0.15, 0.2) is 5.78 Å². The number of benzene rings is 1. The van der Waals surface area contributed by atoms with E-state index in [4.69, 9.17) is 16.7 Å². The largest absolute Gasteiger partial charge is 0.396 e. The number of aryl methyl sites for hydroxylation is 1. The van der Waals surface area contributed by atoms with E-state index in [1.807, 2.05) is 0 Å². The van der Waals surface area contributed by atoms with Gasteiger partial charge in [-0.3, -0.25) is 9.59 Å². The number of Topliss-reactive ketones (excluding diaryl/α,β-unsaturated/α-hetero) is 1. The van der Waals surface area contributed by atoms with Crippen molar-refractivity contribution < 1.29 is 19.1 Å². The minimum Gasteiger partial charge on any atom is -0.396 e. The number of rotatable bonds is 6. The van der Waals surface area contributed by atoms with E-state index >= 15 is 0 Å². The van der Waals surface area contributed by atoms with Gasteiger partial charge < -0.3 is 15.0 Å². The highest BCUT2D eigenvalue weighted by Gasteiger charge is 2.15. The summed E-state index contributed by atoms with van der Waals surface area (Å²) in [5.74, 6) is -1.52. The van der Waals surface area contributed by atoms with E-state index in [-0.39, 0.29) is 23.0 Å². The molecule has 2 rings (SSSR count). The van der Waals surface area contributed by atoms with Crippen molar-refractivity contribution in [3.8, 4) is 0 Å². The van der Waals surface area contributed by atoms with Gasteiger partial charge in [-0.25, -0.2) is 4.39 Å². The summed E-state index contributed by atoms with van der Waals surface area (Å²) in [4.78, 5) is 23.7. The minimum atomic E-state index is -0.721. The molecule has 0 fully saturated rings. The molecule has 2 N–H and O–H groups in total. The van der Waals surface area contributed by atoms with Gasteiger partial charge in [-0.2, -0.15) is 0 Å². The molecule has 0 aliphatic rings. The van der Waals surface area contributed by atoms with Gasteiger partial charge >= 0.3 is 0 Å². The lowest BCUT2D eigenvalue weighted by molar-refractivity contribution is 0.0999. The zero-order valence-electron chi connectivity index (χ0n) is 12.5. The number of halogens is 2. The predicted octanol–water partition coefficient (Wildman–Crippen LogP) is 3.12. The second-order valence-electron chi connectivity index (χ2n) is 5.02. The number of anilines is 1. The number of carbonyl (C=O) groups is 2. The van der Waals surface area contributed by atoms with Crippen LogP contribution in [-0.4, -0.2) is 28.0 Å². The van der Waals surface area contributed by atoms with Crippen molar-refractivity contribution in [3.63, 3.8) is 0 Å². The van der Waals surface area contributed by atoms with Gasteiger partial charge in [-0.15, -0.1) is 0 Å². The van der Waals surface area contributed by atoms with Crippen molar-refractivity contribution in [2.24, 2.45) is 0 Å². The van der Waals surface area contributed by atoms with Crippen LogP contribution in [0.15, 0.2) is 30.5 Å². The Balaban J connectivity index is 2.22. The van der Waals surface area contributed by atoms with Gasteiger partial charge in [0, 0.05) is 31.3 Å². The summed E-state index contributed by atoms with van der Waals surface area (Å²) in [6.45, 7) is 1.85. The van der Waals surface area contributed by atoms with Crippen molar-refractivity contribution >= 4 is 29.0 Å². The Hall–Kier alpha value is -2.18. The molecule has 0 atom stereocenters. The smallest absolute Gasteiger partial charge is 0.258 e. The molecule has 0 saturated carbocycles. The molecule has 0 spiro atoms. The molecular formula is C16H16ClFN2O3. The third kappa shape index (κ3) is 4.18. The number of hydrogen-bond acceptors (Lipinski definition) is 3. The van der Waals surface area contributed by atoms with Gasteiger partial charge in [0.1, 0.15) is 5.82 Å². The van der Waals surface area contributed by atoms with Gasteiger partial charge in [-0.1, -0.05) is 11.6 Å². The molecule has 122 valence electrons. The Morgan fingerprint density at radius 1 is 1.35 bits per heavy atom. The molecule has 0 radical (unpaired) electrons. The molecule has 0 saturated heterocycles. The maximum atomic E-state index is 13.8. The van der Waals surface area contributed by atoms with Gasteiger partial charge in [-0.05, 0) is 30.7 Å². The molecule has 5 nitrogen and oxygen atoms in total. The standard InChI is InChI=1S/C16H16ClFN2O3/c1-10(22)15-8-12(9-20(15)5-2-6-21)19-16(23)13-4-3-11(17)7-14(13)18/h3-4,7-9,21H,2,5-6H2,1H3,(H,19,23). The third-order valence-electron chi connectivity index (χ3n) is 3.25. The fourth-order valence-electron chi connectivity index (χ4n) is 2.18. The zero-order valence-corrected chi connectivity index (χ0v) is 13.2. The summed E-state index contributed by atoms with van der Waals surface area (Å²) in [5, 5.41) is 11.6. The number of aliphatic hydroxyl groups is 1. The second kappa shape index (κ2) is 7.39. The van der Waals surface area contributed by atoms with Crippen molar-refractivity contribution in [2.75, 3.05) is 11.9 Å². The number of carbonyl (C=O) groups excluding carboxylic acids is 2.